The van der Waals surface area contributed by atoms with Crippen molar-refractivity contribution in [3.63, 3.8) is 0 Å². The van der Waals surface area contributed by atoms with Crippen LogP contribution in [0.25, 0.3) is 0 Å². The van der Waals surface area contributed by atoms with E-state index < -0.39 is 8.32 Å². The maximum absolute atomic E-state index is 13.2. The van der Waals surface area contributed by atoms with Crippen LogP contribution in [0.15, 0.2) is 66.0 Å². The summed E-state index contributed by atoms with van der Waals surface area (Å²) in [6, 6.07) is 20.9. The monoisotopic (exact) mass is 448 g/mol. The summed E-state index contributed by atoms with van der Waals surface area (Å²) < 4.78 is 6.37. The molecule has 31 heavy (non-hydrogen) atoms. The molecule has 160 valence electrons. The van der Waals surface area contributed by atoms with Crippen LogP contribution in [-0.4, -0.2) is 14.2 Å². The summed E-state index contributed by atoms with van der Waals surface area (Å²) >= 11 is 1.42. The van der Waals surface area contributed by atoms with Crippen LogP contribution in [0.3, 0.4) is 0 Å². The molecule has 6 heteroatoms. The SMILES string of the molecule is CC(C)(C)[Si](C)(C)Oc1ccc(CN(C(=O)c2cccs2)c2ccc(C#N)cc2)cc1. The summed E-state index contributed by atoms with van der Waals surface area (Å²) in [4.78, 5) is 15.6. The Bertz CT molecular complexity index is 1060. The molecule has 0 fully saturated rings. The number of nitriles is 1. The molecule has 0 aliphatic heterocycles. The fourth-order valence-corrected chi connectivity index (χ4v) is 4.53. The molecule has 1 aromatic heterocycles. The highest BCUT2D eigenvalue weighted by Gasteiger charge is 2.38. The van der Waals surface area contributed by atoms with Gasteiger partial charge in [0, 0.05) is 5.69 Å². The van der Waals surface area contributed by atoms with Crippen molar-refractivity contribution in [2.75, 3.05) is 4.90 Å². The zero-order valence-corrected chi connectivity index (χ0v) is 20.5. The Morgan fingerprint density at radius 2 is 1.71 bits per heavy atom. The van der Waals surface area contributed by atoms with Gasteiger partial charge in [-0.3, -0.25) is 4.79 Å². The van der Waals surface area contributed by atoms with Crippen molar-refractivity contribution in [1.29, 1.82) is 5.26 Å². The van der Waals surface area contributed by atoms with Crippen LogP contribution in [0.5, 0.6) is 5.75 Å². The Morgan fingerprint density at radius 1 is 1.06 bits per heavy atom. The van der Waals surface area contributed by atoms with Crippen LogP contribution < -0.4 is 9.33 Å². The van der Waals surface area contributed by atoms with Crippen molar-refractivity contribution in [3.8, 4) is 11.8 Å². The van der Waals surface area contributed by atoms with E-state index in [9.17, 15) is 4.79 Å². The van der Waals surface area contributed by atoms with Crippen molar-refractivity contribution in [2.24, 2.45) is 0 Å². The molecule has 3 aromatic rings. The predicted molar refractivity (Wildman–Crippen MR) is 130 cm³/mol. The van der Waals surface area contributed by atoms with Gasteiger partial charge in [0.05, 0.1) is 23.1 Å². The minimum absolute atomic E-state index is 0.0543. The Hall–Kier alpha value is -2.88. The minimum atomic E-state index is -1.90. The van der Waals surface area contributed by atoms with Crippen molar-refractivity contribution in [2.45, 2.75) is 45.4 Å². The third-order valence-electron chi connectivity index (χ3n) is 5.73. The van der Waals surface area contributed by atoms with Gasteiger partial charge in [0.1, 0.15) is 5.75 Å². The van der Waals surface area contributed by atoms with E-state index in [4.69, 9.17) is 9.69 Å². The molecule has 0 N–H and O–H groups in total. The average molecular weight is 449 g/mol. The first-order valence-corrected chi connectivity index (χ1v) is 14.0. The van der Waals surface area contributed by atoms with Crippen molar-refractivity contribution in [3.05, 3.63) is 82.0 Å². The normalized spacial score (nSPS) is 11.6. The summed E-state index contributed by atoms with van der Waals surface area (Å²) in [5, 5.41) is 11.1. The van der Waals surface area contributed by atoms with Crippen molar-refractivity contribution >= 4 is 31.2 Å². The lowest BCUT2D eigenvalue weighted by molar-refractivity contribution is 0.0989. The Balaban J connectivity index is 1.84. The van der Waals surface area contributed by atoms with Crippen LogP contribution in [0.1, 0.15) is 41.6 Å². The van der Waals surface area contributed by atoms with Gasteiger partial charge in [0.25, 0.3) is 5.91 Å². The summed E-state index contributed by atoms with van der Waals surface area (Å²) in [6.45, 7) is 11.6. The summed E-state index contributed by atoms with van der Waals surface area (Å²) in [6.07, 6.45) is 0. The van der Waals surface area contributed by atoms with Gasteiger partial charge in [-0.1, -0.05) is 39.0 Å². The van der Waals surface area contributed by atoms with E-state index in [1.54, 1.807) is 17.0 Å². The minimum Gasteiger partial charge on any atom is -0.544 e. The fraction of sp³-hybridized carbons (Fsp3) is 0.280. The lowest BCUT2D eigenvalue weighted by atomic mass is 10.1. The summed E-state index contributed by atoms with van der Waals surface area (Å²) in [7, 11) is -1.90. The molecule has 0 radical (unpaired) electrons. The number of carbonyl (C=O) groups is 1. The molecule has 2 aromatic carbocycles. The van der Waals surface area contributed by atoms with Crippen molar-refractivity contribution < 1.29 is 9.22 Å². The average Bonchev–Trinajstić information content (AvgIpc) is 3.27. The molecule has 0 spiro atoms. The van der Waals surface area contributed by atoms with Gasteiger partial charge < -0.3 is 9.33 Å². The fourth-order valence-electron chi connectivity index (χ4n) is 2.82. The van der Waals surface area contributed by atoms with Crippen LogP contribution in [0, 0.1) is 11.3 Å². The summed E-state index contributed by atoms with van der Waals surface area (Å²) in [5.41, 5.74) is 2.34. The lowest BCUT2D eigenvalue weighted by Crippen LogP contribution is -2.43. The number of carbonyl (C=O) groups excluding carboxylic acids is 1. The van der Waals surface area contributed by atoms with Gasteiger partial charge in [-0.15, -0.1) is 11.3 Å². The molecule has 3 rings (SSSR count). The van der Waals surface area contributed by atoms with E-state index in [1.165, 1.54) is 11.3 Å². The van der Waals surface area contributed by atoms with Crippen LogP contribution >= 0.6 is 11.3 Å². The first-order valence-electron chi connectivity index (χ1n) is 10.2. The highest BCUT2D eigenvalue weighted by molar-refractivity contribution is 7.12. The second-order valence-electron chi connectivity index (χ2n) is 9.03. The number of hydrogen-bond donors (Lipinski definition) is 0. The van der Waals surface area contributed by atoms with Gasteiger partial charge >= 0.3 is 0 Å². The molecular formula is C25H28N2O2SSi. The maximum atomic E-state index is 13.2. The van der Waals surface area contributed by atoms with E-state index in [0.29, 0.717) is 17.0 Å². The molecule has 0 atom stereocenters. The maximum Gasteiger partial charge on any atom is 0.268 e. The number of hydrogen-bond acceptors (Lipinski definition) is 4. The third kappa shape index (κ3) is 5.43. The number of anilines is 1. The zero-order valence-electron chi connectivity index (χ0n) is 18.7. The van der Waals surface area contributed by atoms with E-state index in [-0.39, 0.29) is 10.9 Å². The van der Waals surface area contributed by atoms with Gasteiger partial charge in [-0.25, -0.2) is 0 Å². The van der Waals surface area contributed by atoms with Crippen LogP contribution in [0.4, 0.5) is 5.69 Å². The smallest absolute Gasteiger partial charge is 0.268 e. The molecular weight excluding hydrogens is 420 g/mol. The number of benzene rings is 2. The summed E-state index contributed by atoms with van der Waals surface area (Å²) in [5.74, 6) is 0.811. The second-order valence-corrected chi connectivity index (χ2v) is 14.7. The van der Waals surface area contributed by atoms with Crippen LogP contribution in [0.2, 0.25) is 18.1 Å². The molecule has 1 heterocycles. The Morgan fingerprint density at radius 3 is 2.23 bits per heavy atom. The largest absolute Gasteiger partial charge is 0.544 e. The number of amides is 1. The zero-order chi connectivity index (χ0) is 22.6. The Kier molecular flexibility index (Phi) is 6.68. The number of nitrogens with zero attached hydrogens (tertiary/aromatic N) is 2. The molecule has 0 unspecified atom stereocenters. The van der Waals surface area contributed by atoms with Gasteiger partial charge in [-0.2, -0.15) is 5.26 Å². The highest BCUT2D eigenvalue weighted by atomic mass is 32.1. The molecule has 0 saturated heterocycles. The number of thiophene rings is 1. The van der Waals surface area contributed by atoms with Gasteiger partial charge in [0.2, 0.25) is 8.32 Å². The van der Waals surface area contributed by atoms with Crippen LogP contribution in [-0.2, 0) is 6.54 Å². The van der Waals surface area contributed by atoms with E-state index in [0.717, 1.165) is 17.0 Å². The molecule has 0 aliphatic rings. The molecule has 0 bridgehead atoms. The van der Waals surface area contributed by atoms with Crippen molar-refractivity contribution in [1.82, 2.24) is 0 Å². The highest BCUT2D eigenvalue weighted by Crippen LogP contribution is 2.37. The lowest BCUT2D eigenvalue weighted by Gasteiger charge is -2.36. The molecule has 0 saturated carbocycles. The first-order chi connectivity index (χ1) is 14.6. The first kappa shape index (κ1) is 22.8. The predicted octanol–water partition coefficient (Wildman–Crippen LogP) is 6.85. The van der Waals surface area contributed by atoms with E-state index >= 15 is 0 Å². The Labute approximate surface area is 189 Å². The van der Waals surface area contributed by atoms with Gasteiger partial charge in [-0.05, 0) is 71.5 Å². The number of rotatable bonds is 6. The third-order valence-corrected chi connectivity index (χ3v) is 10.9. The quantitative estimate of drug-likeness (QED) is 0.387. The van der Waals surface area contributed by atoms with Gasteiger partial charge in [0.15, 0.2) is 0 Å². The van der Waals surface area contributed by atoms with E-state index in [2.05, 4.69) is 39.9 Å². The molecule has 1 amide bonds. The molecule has 0 aliphatic carbocycles. The van der Waals surface area contributed by atoms with E-state index in [1.807, 2.05) is 53.9 Å². The molecule has 4 nitrogen and oxygen atoms in total. The standard InChI is InChI=1S/C25H28N2O2SSi/c1-25(2,3)31(4,5)29-22-14-10-20(11-15-22)18-27(24(28)23-7-6-16-30-23)21-12-8-19(17-26)9-13-21/h6-16H,18H2,1-5H3. The second kappa shape index (κ2) is 9.09. The topological polar surface area (TPSA) is 53.3 Å².